The van der Waals surface area contributed by atoms with Crippen molar-refractivity contribution in [2.45, 2.75) is 12.8 Å². The van der Waals surface area contributed by atoms with Gasteiger partial charge in [-0.05, 0) is 64.1 Å². The molecule has 0 saturated carbocycles. The van der Waals surface area contributed by atoms with Gasteiger partial charge in [0.1, 0.15) is 0 Å². The van der Waals surface area contributed by atoms with Crippen LogP contribution in [0.25, 0.3) is 5.57 Å². The fourth-order valence-corrected chi connectivity index (χ4v) is 3.12. The van der Waals surface area contributed by atoms with Crippen molar-refractivity contribution in [3.63, 3.8) is 0 Å². The van der Waals surface area contributed by atoms with E-state index in [1.54, 1.807) is 11.3 Å². The minimum absolute atomic E-state index is 0.280. The smallest absolute Gasteiger partial charge is 0.337 e. The Bertz CT molecular complexity index is 639. The predicted molar refractivity (Wildman–Crippen MR) is 77.5 cm³/mol. The average molecular weight is 270 g/mol. The van der Waals surface area contributed by atoms with E-state index < -0.39 is 0 Å². The summed E-state index contributed by atoms with van der Waals surface area (Å²) in [6.45, 7) is 0. The van der Waals surface area contributed by atoms with Crippen molar-refractivity contribution < 1.29 is 9.53 Å². The summed E-state index contributed by atoms with van der Waals surface area (Å²) in [7, 11) is 1.41. The average Bonchev–Trinajstić information content (AvgIpc) is 2.99. The molecule has 1 aromatic carbocycles. The quantitative estimate of drug-likeness (QED) is 0.773. The number of thiophene rings is 1. The minimum atomic E-state index is -0.280. The first kappa shape index (κ1) is 12.2. The summed E-state index contributed by atoms with van der Waals surface area (Å²) >= 11 is 1.69. The van der Waals surface area contributed by atoms with Gasteiger partial charge in [-0.2, -0.15) is 11.3 Å². The van der Waals surface area contributed by atoms with Crippen LogP contribution in [0.1, 0.15) is 33.5 Å². The van der Waals surface area contributed by atoms with E-state index >= 15 is 0 Å². The molecule has 1 aliphatic carbocycles. The first-order valence-electron chi connectivity index (χ1n) is 6.24. The maximum absolute atomic E-state index is 11.7. The van der Waals surface area contributed by atoms with E-state index in [2.05, 4.69) is 22.9 Å². The van der Waals surface area contributed by atoms with Crippen molar-refractivity contribution in [1.29, 1.82) is 0 Å². The lowest BCUT2D eigenvalue weighted by Gasteiger charge is -2.18. The molecule has 0 radical (unpaired) electrons. The molecule has 0 saturated heterocycles. The molecule has 1 aromatic heterocycles. The summed E-state index contributed by atoms with van der Waals surface area (Å²) in [5.74, 6) is -0.280. The van der Waals surface area contributed by atoms with E-state index in [-0.39, 0.29) is 5.97 Å². The highest BCUT2D eigenvalue weighted by molar-refractivity contribution is 7.08. The zero-order valence-electron chi connectivity index (χ0n) is 10.7. The SMILES string of the molecule is COC(=O)c1ccc2c(c1)C(c1ccsc1)=CCC2. The van der Waals surface area contributed by atoms with E-state index in [0.29, 0.717) is 5.56 Å². The molecule has 0 aliphatic heterocycles. The number of carbonyl (C=O) groups is 1. The number of allylic oxidation sites excluding steroid dienone is 1. The van der Waals surface area contributed by atoms with E-state index in [1.165, 1.54) is 23.8 Å². The van der Waals surface area contributed by atoms with Gasteiger partial charge < -0.3 is 4.74 Å². The van der Waals surface area contributed by atoms with Gasteiger partial charge in [0.05, 0.1) is 12.7 Å². The fourth-order valence-electron chi connectivity index (χ4n) is 2.46. The Morgan fingerprint density at radius 3 is 2.95 bits per heavy atom. The van der Waals surface area contributed by atoms with Gasteiger partial charge in [-0.25, -0.2) is 4.79 Å². The lowest BCUT2D eigenvalue weighted by Crippen LogP contribution is -2.06. The molecule has 96 valence electrons. The summed E-state index contributed by atoms with van der Waals surface area (Å²) in [5, 5.41) is 4.22. The van der Waals surface area contributed by atoms with Crippen LogP contribution < -0.4 is 0 Å². The van der Waals surface area contributed by atoms with Crippen LogP contribution in [0.15, 0.2) is 41.1 Å². The third-order valence-corrected chi connectivity index (χ3v) is 4.10. The number of aryl methyl sites for hydroxylation is 1. The second-order valence-corrected chi connectivity index (χ2v) is 5.31. The molecule has 0 fully saturated rings. The third-order valence-electron chi connectivity index (χ3n) is 3.42. The van der Waals surface area contributed by atoms with Crippen LogP contribution in [0.3, 0.4) is 0 Å². The molecule has 0 unspecified atom stereocenters. The molecule has 0 N–H and O–H groups in total. The molecular formula is C16H14O2S. The standard InChI is InChI=1S/C16H14O2S/c1-18-16(17)12-6-5-11-3-2-4-14(15(11)9-12)13-7-8-19-10-13/h4-10H,2-3H2,1H3. The second-order valence-electron chi connectivity index (χ2n) is 4.53. The molecule has 0 bridgehead atoms. The maximum atomic E-state index is 11.7. The van der Waals surface area contributed by atoms with Gasteiger partial charge in [0.15, 0.2) is 0 Å². The van der Waals surface area contributed by atoms with Crippen molar-refractivity contribution in [3.05, 3.63) is 63.4 Å². The van der Waals surface area contributed by atoms with Crippen molar-refractivity contribution >= 4 is 22.9 Å². The highest BCUT2D eigenvalue weighted by atomic mass is 32.1. The molecule has 2 aromatic rings. The van der Waals surface area contributed by atoms with Crippen molar-refractivity contribution in [1.82, 2.24) is 0 Å². The Morgan fingerprint density at radius 1 is 1.32 bits per heavy atom. The zero-order chi connectivity index (χ0) is 13.2. The van der Waals surface area contributed by atoms with E-state index in [9.17, 15) is 4.79 Å². The molecule has 0 amide bonds. The Labute approximate surface area is 116 Å². The van der Waals surface area contributed by atoms with Crippen LogP contribution in [0.5, 0.6) is 0 Å². The Morgan fingerprint density at radius 2 is 2.21 bits per heavy atom. The number of esters is 1. The van der Waals surface area contributed by atoms with E-state index in [0.717, 1.165) is 18.4 Å². The molecule has 1 heterocycles. The van der Waals surface area contributed by atoms with E-state index in [1.807, 2.05) is 18.2 Å². The topological polar surface area (TPSA) is 26.3 Å². The van der Waals surface area contributed by atoms with E-state index in [4.69, 9.17) is 4.74 Å². The molecular weight excluding hydrogens is 256 g/mol. The number of methoxy groups -OCH3 is 1. The Hall–Kier alpha value is -1.87. The molecule has 19 heavy (non-hydrogen) atoms. The summed E-state index contributed by atoms with van der Waals surface area (Å²) in [6, 6.07) is 7.96. The van der Waals surface area contributed by atoms with Gasteiger partial charge in [0.25, 0.3) is 0 Å². The van der Waals surface area contributed by atoms with Crippen LogP contribution in [-0.2, 0) is 11.2 Å². The minimum Gasteiger partial charge on any atom is -0.465 e. The Balaban J connectivity index is 2.09. The van der Waals surface area contributed by atoms with Crippen molar-refractivity contribution in [2.24, 2.45) is 0 Å². The first-order chi connectivity index (χ1) is 9.29. The van der Waals surface area contributed by atoms with Crippen LogP contribution in [0, 0.1) is 0 Å². The summed E-state index contributed by atoms with van der Waals surface area (Å²) in [6.07, 6.45) is 4.34. The van der Waals surface area contributed by atoms with Crippen LogP contribution in [-0.4, -0.2) is 13.1 Å². The summed E-state index contributed by atoms with van der Waals surface area (Å²) in [4.78, 5) is 11.7. The lowest BCUT2D eigenvalue weighted by molar-refractivity contribution is 0.0600. The number of ether oxygens (including phenoxy) is 1. The molecule has 0 spiro atoms. The lowest BCUT2D eigenvalue weighted by atomic mass is 9.87. The number of rotatable bonds is 2. The van der Waals surface area contributed by atoms with Crippen molar-refractivity contribution in [3.8, 4) is 0 Å². The van der Waals surface area contributed by atoms with Gasteiger partial charge in [0, 0.05) is 0 Å². The number of hydrogen-bond donors (Lipinski definition) is 0. The maximum Gasteiger partial charge on any atom is 0.337 e. The van der Waals surface area contributed by atoms with Gasteiger partial charge in [-0.1, -0.05) is 12.1 Å². The van der Waals surface area contributed by atoms with Gasteiger partial charge in [-0.3, -0.25) is 0 Å². The highest BCUT2D eigenvalue weighted by Gasteiger charge is 2.17. The van der Waals surface area contributed by atoms with Gasteiger partial charge in [-0.15, -0.1) is 0 Å². The first-order valence-corrected chi connectivity index (χ1v) is 7.18. The van der Waals surface area contributed by atoms with Crippen molar-refractivity contribution in [2.75, 3.05) is 7.11 Å². The predicted octanol–water partition coefficient (Wildman–Crippen LogP) is 3.91. The van der Waals surface area contributed by atoms with Gasteiger partial charge in [0.2, 0.25) is 0 Å². The van der Waals surface area contributed by atoms with Gasteiger partial charge >= 0.3 is 5.97 Å². The number of fused-ring (bicyclic) bond motifs is 1. The molecule has 0 atom stereocenters. The highest BCUT2D eigenvalue weighted by Crippen LogP contribution is 2.33. The summed E-state index contributed by atoms with van der Waals surface area (Å²) in [5.41, 5.74) is 5.54. The largest absolute Gasteiger partial charge is 0.465 e. The zero-order valence-corrected chi connectivity index (χ0v) is 11.5. The monoisotopic (exact) mass is 270 g/mol. The molecule has 3 rings (SSSR count). The van der Waals surface area contributed by atoms with Crippen LogP contribution in [0.2, 0.25) is 0 Å². The summed E-state index contributed by atoms with van der Waals surface area (Å²) < 4.78 is 4.80. The van der Waals surface area contributed by atoms with Crippen LogP contribution >= 0.6 is 11.3 Å². The normalized spacial score (nSPS) is 13.6. The molecule has 3 heteroatoms. The third kappa shape index (κ3) is 2.22. The van der Waals surface area contributed by atoms with Crippen LogP contribution in [0.4, 0.5) is 0 Å². The Kier molecular flexibility index (Phi) is 3.22. The second kappa shape index (κ2) is 5.02. The molecule has 2 nitrogen and oxygen atoms in total. The molecule has 1 aliphatic rings. The fraction of sp³-hybridized carbons (Fsp3) is 0.188. The number of carbonyl (C=O) groups excluding carboxylic acids is 1. The number of hydrogen-bond acceptors (Lipinski definition) is 3. The number of benzene rings is 1.